The number of amides is 2. The fourth-order valence-corrected chi connectivity index (χ4v) is 4.76. The number of nitrogens with one attached hydrogen (secondary N) is 2. The Morgan fingerprint density at radius 2 is 2.06 bits per heavy atom. The molecule has 2 aliphatic heterocycles. The number of morpholine rings is 1. The molecule has 12 nitrogen and oxygen atoms in total. The number of phenolic OH excluding ortho intramolecular Hbond substituents is 2. The van der Waals surface area contributed by atoms with E-state index in [1.54, 1.807) is 0 Å². The van der Waals surface area contributed by atoms with E-state index in [9.17, 15) is 29.4 Å². The predicted molar refractivity (Wildman–Crippen MR) is 124 cm³/mol. The maximum atomic E-state index is 13.0. The van der Waals surface area contributed by atoms with Crippen molar-refractivity contribution in [1.29, 1.82) is 0 Å². The molecule has 1 aromatic rings. The van der Waals surface area contributed by atoms with E-state index in [-0.39, 0.29) is 46.7 Å². The maximum absolute atomic E-state index is 13.0. The monoisotopic (exact) mass is 511 g/mol. The molecule has 2 aliphatic rings. The van der Waals surface area contributed by atoms with Crippen LogP contribution in [0.2, 0.25) is 0 Å². The standard InChI is InChI=1S/C22H29N3O9S/c1-12-8-33-4-3-25(12)7-19(28)23-16-9-34-21(30)14-5-13(26)6-18(27)15(14)10-35-11-17(22(31)32-2)24-20(16)29/h5-6,12,16-17,26-27H,3-4,7-11H2,1-2H3,(H,23,28)(H,24,29)/t12?,16-,17-/m0/s1. The minimum absolute atomic E-state index is 0.00309. The van der Waals surface area contributed by atoms with Crippen LogP contribution in [0.15, 0.2) is 12.1 Å². The van der Waals surface area contributed by atoms with Gasteiger partial charge in [-0.3, -0.25) is 14.5 Å². The summed E-state index contributed by atoms with van der Waals surface area (Å²) in [6.07, 6.45) is 0. The lowest BCUT2D eigenvalue weighted by atomic mass is 10.1. The van der Waals surface area contributed by atoms with E-state index in [1.807, 2.05) is 11.8 Å². The Balaban J connectivity index is 1.82. The molecule has 3 atom stereocenters. The van der Waals surface area contributed by atoms with Gasteiger partial charge < -0.3 is 35.1 Å². The van der Waals surface area contributed by atoms with Crippen LogP contribution in [0.4, 0.5) is 0 Å². The lowest BCUT2D eigenvalue weighted by molar-refractivity contribution is -0.144. The van der Waals surface area contributed by atoms with Gasteiger partial charge in [0.2, 0.25) is 11.8 Å². The Hall–Kier alpha value is -3.03. The number of ether oxygens (including phenoxy) is 3. The molecule has 0 bridgehead atoms. The molecule has 0 aromatic heterocycles. The van der Waals surface area contributed by atoms with Crippen LogP contribution in [0.3, 0.4) is 0 Å². The van der Waals surface area contributed by atoms with Gasteiger partial charge in [-0.1, -0.05) is 0 Å². The first kappa shape index (κ1) is 26.6. The second kappa shape index (κ2) is 12.1. The van der Waals surface area contributed by atoms with Crippen LogP contribution in [0.1, 0.15) is 22.8 Å². The Kier molecular flexibility index (Phi) is 9.18. The lowest BCUT2D eigenvalue weighted by Crippen LogP contribution is -2.56. The van der Waals surface area contributed by atoms with Crippen LogP contribution < -0.4 is 10.6 Å². The topological polar surface area (TPSA) is 164 Å². The molecule has 1 saturated heterocycles. The molecule has 0 radical (unpaired) electrons. The van der Waals surface area contributed by atoms with Crippen LogP contribution >= 0.6 is 11.8 Å². The van der Waals surface area contributed by atoms with Gasteiger partial charge in [0.25, 0.3) is 0 Å². The molecule has 3 rings (SSSR count). The number of thioether (sulfide) groups is 1. The van der Waals surface area contributed by atoms with Crippen LogP contribution in [0.25, 0.3) is 0 Å². The van der Waals surface area contributed by atoms with Crippen molar-refractivity contribution in [2.75, 3.05) is 45.8 Å². The van der Waals surface area contributed by atoms with Crippen molar-refractivity contribution < 1.29 is 43.6 Å². The first-order valence-electron chi connectivity index (χ1n) is 11.0. The molecule has 192 valence electrons. The van der Waals surface area contributed by atoms with Gasteiger partial charge in [-0.2, -0.15) is 11.8 Å². The first-order valence-corrected chi connectivity index (χ1v) is 12.1. The van der Waals surface area contributed by atoms with Crippen LogP contribution in [-0.4, -0.2) is 103 Å². The quantitative estimate of drug-likeness (QED) is 0.380. The van der Waals surface area contributed by atoms with Crippen molar-refractivity contribution in [3.05, 3.63) is 23.3 Å². The van der Waals surface area contributed by atoms with Gasteiger partial charge in [-0.05, 0) is 13.0 Å². The highest BCUT2D eigenvalue weighted by atomic mass is 32.2. The summed E-state index contributed by atoms with van der Waals surface area (Å²) < 4.78 is 15.4. The zero-order chi connectivity index (χ0) is 25.5. The Labute approximate surface area is 206 Å². The van der Waals surface area contributed by atoms with Crippen LogP contribution in [0, 0.1) is 0 Å². The maximum Gasteiger partial charge on any atom is 0.338 e. The smallest absolute Gasteiger partial charge is 0.338 e. The summed E-state index contributed by atoms with van der Waals surface area (Å²) in [6.45, 7) is 2.89. The zero-order valence-electron chi connectivity index (χ0n) is 19.4. The highest BCUT2D eigenvalue weighted by Crippen LogP contribution is 2.31. The third-order valence-electron chi connectivity index (χ3n) is 5.65. The van der Waals surface area contributed by atoms with Crippen molar-refractivity contribution >= 4 is 35.5 Å². The molecule has 2 heterocycles. The number of methoxy groups -OCH3 is 1. The molecular weight excluding hydrogens is 482 g/mol. The average Bonchev–Trinajstić information content (AvgIpc) is 2.81. The molecule has 4 N–H and O–H groups in total. The van der Waals surface area contributed by atoms with E-state index in [2.05, 4.69) is 10.6 Å². The van der Waals surface area contributed by atoms with E-state index in [1.165, 1.54) is 7.11 Å². The van der Waals surface area contributed by atoms with Gasteiger partial charge >= 0.3 is 11.9 Å². The number of benzene rings is 1. The third kappa shape index (κ3) is 6.99. The van der Waals surface area contributed by atoms with Crippen molar-refractivity contribution in [2.24, 2.45) is 0 Å². The van der Waals surface area contributed by atoms with Crippen LogP contribution in [-0.2, 0) is 34.3 Å². The minimum Gasteiger partial charge on any atom is -0.508 e. The number of fused-ring (bicyclic) bond motifs is 1. The molecule has 1 unspecified atom stereocenters. The third-order valence-corrected chi connectivity index (χ3v) is 6.71. The number of esters is 2. The Morgan fingerprint density at radius 1 is 1.29 bits per heavy atom. The summed E-state index contributed by atoms with van der Waals surface area (Å²) in [7, 11) is 1.18. The SMILES string of the molecule is COC(=O)[C@@H]1CSCc2c(O)cc(O)cc2C(=O)OC[C@H](NC(=O)CN2CCOCC2C)C(=O)N1. The Bertz CT molecular complexity index is 974. The summed E-state index contributed by atoms with van der Waals surface area (Å²) in [4.78, 5) is 52.6. The summed E-state index contributed by atoms with van der Waals surface area (Å²) in [5.74, 6) is -3.27. The number of cyclic esters (lactones) is 1. The fourth-order valence-electron chi connectivity index (χ4n) is 3.68. The summed E-state index contributed by atoms with van der Waals surface area (Å²) in [5, 5.41) is 25.2. The summed E-state index contributed by atoms with van der Waals surface area (Å²) in [5.41, 5.74) is 0.119. The zero-order valence-corrected chi connectivity index (χ0v) is 20.3. The molecule has 35 heavy (non-hydrogen) atoms. The van der Waals surface area contributed by atoms with Gasteiger partial charge in [0.1, 0.15) is 30.2 Å². The molecule has 0 aliphatic carbocycles. The second-order valence-electron chi connectivity index (χ2n) is 8.20. The minimum atomic E-state index is -1.30. The van der Waals surface area contributed by atoms with E-state index in [0.29, 0.717) is 19.8 Å². The second-order valence-corrected chi connectivity index (χ2v) is 9.23. The molecular formula is C22H29N3O9S. The normalized spacial score (nSPS) is 24.1. The predicted octanol–water partition coefficient (Wildman–Crippen LogP) is -0.635. The highest BCUT2D eigenvalue weighted by molar-refractivity contribution is 7.98. The largest absolute Gasteiger partial charge is 0.508 e. The van der Waals surface area contributed by atoms with Crippen molar-refractivity contribution in [2.45, 2.75) is 30.8 Å². The van der Waals surface area contributed by atoms with E-state index in [0.717, 1.165) is 23.9 Å². The summed E-state index contributed by atoms with van der Waals surface area (Å²) in [6, 6.07) is -0.0966. The van der Waals surface area contributed by atoms with E-state index >= 15 is 0 Å². The highest BCUT2D eigenvalue weighted by Gasteiger charge is 2.31. The lowest BCUT2D eigenvalue weighted by Gasteiger charge is -2.33. The number of carbonyl (C=O) groups is 4. The van der Waals surface area contributed by atoms with Gasteiger partial charge in [-0.15, -0.1) is 0 Å². The number of carbonyl (C=O) groups excluding carboxylic acids is 4. The van der Waals surface area contributed by atoms with E-state index in [4.69, 9.17) is 14.2 Å². The number of aromatic hydroxyl groups is 2. The average molecular weight is 512 g/mol. The first-order chi connectivity index (χ1) is 16.7. The molecule has 0 spiro atoms. The molecule has 1 fully saturated rings. The molecule has 1 aromatic carbocycles. The number of hydrogen-bond donors (Lipinski definition) is 4. The summed E-state index contributed by atoms with van der Waals surface area (Å²) >= 11 is 1.15. The van der Waals surface area contributed by atoms with Crippen molar-refractivity contribution in [3.63, 3.8) is 0 Å². The molecule has 2 amide bonds. The fraction of sp³-hybridized carbons (Fsp3) is 0.545. The Morgan fingerprint density at radius 3 is 2.77 bits per heavy atom. The van der Waals surface area contributed by atoms with Gasteiger partial charge in [-0.25, -0.2) is 9.59 Å². The number of phenols is 2. The van der Waals surface area contributed by atoms with Crippen LogP contribution in [0.5, 0.6) is 11.5 Å². The van der Waals surface area contributed by atoms with Gasteiger partial charge in [0.15, 0.2) is 0 Å². The van der Waals surface area contributed by atoms with Crippen molar-refractivity contribution in [1.82, 2.24) is 15.5 Å². The number of hydrogen-bond acceptors (Lipinski definition) is 11. The van der Waals surface area contributed by atoms with Crippen molar-refractivity contribution in [3.8, 4) is 11.5 Å². The van der Waals surface area contributed by atoms with E-state index < -0.39 is 42.4 Å². The van der Waals surface area contributed by atoms with Gasteiger partial charge in [0.05, 0.1) is 32.4 Å². The molecule has 0 saturated carbocycles. The van der Waals surface area contributed by atoms with Gasteiger partial charge in [0, 0.05) is 35.7 Å². The number of rotatable bonds is 4. The molecule has 13 heteroatoms. The number of nitrogens with zero attached hydrogens (tertiary/aromatic N) is 1.